The first-order valence-electron chi connectivity index (χ1n) is 8.26. The third-order valence-corrected chi connectivity index (χ3v) is 5.31. The first-order valence-corrected chi connectivity index (χ1v) is 9.05. The maximum absolute atomic E-state index is 10.9. The lowest BCUT2D eigenvalue weighted by Crippen LogP contribution is -2.32. The number of hydrogen-bond acceptors (Lipinski definition) is 2. The molecule has 0 heterocycles. The fraction of sp³-hybridized carbons (Fsp3) is 0.400. The molecule has 0 saturated heterocycles. The summed E-state index contributed by atoms with van der Waals surface area (Å²) in [7, 11) is 0. The highest BCUT2D eigenvalue weighted by molar-refractivity contribution is 9.10. The fourth-order valence-corrected chi connectivity index (χ4v) is 3.55. The van der Waals surface area contributed by atoms with Gasteiger partial charge in [0.25, 0.3) is 0 Å². The number of aliphatic hydroxyl groups is 1. The molecule has 0 amide bonds. The molecule has 0 bridgehead atoms. The van der Waals surface area contributed by atoms with Crippen molar-refractivity contribution in [2.45, 2.75) is 37.9 Å². The van der Waals surface area contributed by atoms with E-state index in [1.54, 1.807) is 0 Å². The number of rotatable bonds is 5. The van der Waals surface area contributed by atoms with Crippen LogP contribution in [0.5, 0.6) is 0 Å². The van der Waals surface area contributed by atoms with Crippen molar-refractivity contribution in [3.8, 4) is 0 Å². The standard InChI is InChI=1S/C20H23BrO2/c21-19-8-6-18(7-9-19)20(22)12-10-17(11-13-20)15-23-14-16-4-2-1-3-5-16/h1-9,17,22H,10-15H2. The topological polar surface area (TPSA) is 29.5 Å². The molecule has 0 unspecified atom stereocenters. The van der Waals surface area contributed by atoms with E-state index in [9.17, 15) is 5.11 Å². The van der Waals surface area contributed by atoms with Crippen LogP contribution in [0.2, 0.25) is 0 Å². The molecule has 23 heavy (non-hydrogen) atoms. The van der Waals surface area contributed by atoms with Gasteiger partial charge in [-0.1, -0.05) is 58.4 Å². The Hall–Kier alpha value is -1.16. The van der Waals surface area contributed by atoms with E-state index in [2.05, 4.69) is 28.1 Å². The minimum Gasteiger partial charge on any atom is -0.385 e. The van der Waals surface area contributed by atoms with Crippen molar-refractivity contribution in [2.24, 2.45) is 5.92 Å². The van der Waals surface area contributed by atoms with Gasteiger partial charge < -0.3 is 9.84 Å². The van der Waals surface area contributed by atoms with Crippen molar-refractivity contribution in [1.29, 1.82) is 0 Å². The summed E-state index contributed by atoms with van der Waals surface area (Å²) in [6, 6.07) is 18.3. The van der Waals surface area contributed by atoms with Crippen LogP contribution >= 0.6 is 15.9 Å². The highest BCUT2D eigenvalue weighted by atomic mass is 79.9. The minimum absolute atomic E-state index is 0.550. The fourth-order valence-electron chi connectivity index (χ4n) is 3.29. The van der Waals surface area contributed by atoms with E-state index >= 15 is 0 Å². The van der Waals surface area contributed by atoms with Crippen LogP contribution in [0.25, 0.3) is 0 Å². The van der Waals surface area contributed by atoms with Gasteiger partial charge in [-0.3, -0.25) is 0 Å². The molecule has 1 N–H and O–H groups in total. The van der Waals surface area contributed by atoms with Crippen LogP contribution in [0.4, 0.5) is 0 Å². The van der Waals surface area contributed by atoms with Crippen molar-refractivity contribution < 1.29 is 9.84 Å². The van der Waals surface area contributed by atoms with Crippen molar-refractivity contribution in [1.82, 2.24) is 0 Å². The number of hydrogen-bond donors (Lipinski definition) is 1. The Morgan fingerprint density at radius 2 is 1.65 bits per heavy atom. The Balaban J connectivity index is 1.47. The molecule has 2 aromatic carbocycles. The molecule has 0 spiro atoms. The van der Waals surface area contributed by atoms with Crippen LogP contribution < -0.4 is 0 Å². The second kappa shape index (κ2) is 7.61. The van der Waals surface area contributed by atoms with Gasteiger partial charge in [0.15, 0.2) is 0 Å². The highest BCUT2D eigenvalue weighted by Crippen LogP contribution is 2.39. The zero-order valence-corrected chi connectivity index (χ0v) is 14.8. The molecule has 1 aliphatic rings. The predicted octanol–water partition coefficient (Wildman–Crippen LogP) is 5.04. The average molecular weight is 375 g/mol. The third-order valence-electron chi connectivity index (χ3n) is 4.78. The Bertz CT molecular complexity index is 601. The van der Waals surface area contributed by atoms with Crippen LogP contribution in [-0.4, -0.2) is 11.7 Å². The molecule has 2 nitrogen and oxygen atoms in total. The van der Waals surface area contributed by atoms with E-state index in [1.165, 1.54) is 5.56 Å². The van der Waals surface area contributed by atoms with Crippen LogP contribution in [0.15, 0.2) is 59.1 Å². The largest absolute Gasteiger partial charge is 0.385 e. The lowest BCUT2D eigenvalue weighted by molar-refractivity contribution is -0.0302. The molecule has 1 saturated carbocycles. The molecule has 122 valence electrons. The van der Waals surface area contributed by atoms with E-state index in [1.807, 2.05) is 42.5 Å². The Kier molecular flexibility index (Phi) is 5.52. The highest BCUT2D eigenvalue weighted by Gasteiger charge is 2.34. The molecular weight excluding hydrogens is 352 g/mol. The van der Waals surface area contributed by atoms with Crippen molar-refractivity contribution in [3.05, 3.63) is 70.2 Å². The van der Waals surface area contributed by atoms with Gasteiger partial charge in [-0.25, -0.2) is 0 Å². The number of halogens is 1. The molecular formula is C20H23BrO2. The smallest absolute Gasteiger partial charge is 0.0896 e. The summed E-state index contributed by atoms with van der Waals surface area (Å²) in [6.45, 7) is 1.46. The van der Waals surface area contributed by atoms with Gasteiger partial charge in [0, 0.05) is 11.1 Å². The number of ether oxygens (including phenoxy) is 1. The van der Waals surface area contributed by atoms with Gasteiger partial charge in [0.05, 0.1) is 12.2 Å². The summed E-state index contributed by atoms with van der Waals surface area (Å²) in [5, 5.41) is 10.9. The maximum atomic E-state index is 10.9. The molecule has 1 aliphatic carbocycles. The molecule has 0 aliphatic heterocycles. The molecule has 3 rings (SSSR count). The lowest BCUT2D eigenvalue weighted by Gasteiger charge is -2.36. The summed E-state index contributed by atoms with van der Waals surface area (Å²) in [5.74, 6) is 0.550. The molecule has 0 atom stereocenters. The molecule has 0 radical (unpaired) electrons. The summed E-state index contributed by atoms with van der Waals surface area (Å²) < 4.78 is 6.91. The van der Waals surface area contributed by atoms with Crippen LogP contribution in [0, 0.1) is 5.92 Å². The van der Waals surface area contributed by atoms with Gasteiger partial charge in [-0.2, -0.15) is 0 Å². The Labute approximate surface area is 146 Å². The van der Waals surface area contributed by atoms with Crippen molar-refractivity contribution >= 4 is 15.9 Å². The van der Waals surface area contributed by atoms with Crippen LogP contribution in [-0.2, 0) is 16.9 Å². The second-order valence-electron chi connectivity index (χ2n) is 6.48. The minimum atomic E-state index is -0.670. The monoisotopic (exact) mass is 374 g/mol. The van der Waals surface area contributed by atoms with Gasteiger partial charge in [-0.15, -0.1) is 0 Å². The van der Waals surface area contributed by atoms with E-state index in [-0.39, 0.29) is 0 Å². The van der Waals surface area contributed by atoms with Crippen molar-refractivity contribution in [2.75, 3.05) is 6.61 Å². The van der Waals surface area contributed by atoms with E-state index in [0.29, 0.717) is 12.5 Å². The van der Waals surface area contributed by atoms with Gasteiger partial charge >= 0.3 is 0 Å². The quantitative estimate of drug-likeness (QED) is 0.793. The summed E-state index contributed by atoms with van der Waals surface area (Å²) in [4.78, 5) is 0. The molecule has 3 heteroatoms. The summed E-state index contributed by atoms with van der Waals surface area (Å²) >= 11 is 3.45. The first kappa shape index (κ1) is 16.7. The zero-order chi connectivity index (χ0) is 16.1. The van der Waals surface area contributed by atoms with Gasteiger partial charge in [0.2, 0.25) is 0 Å². The summed E-state index contributed by atoms with van der Waals surface area (Å²) in [5.41, 5.74) is 1.58. The normalized spacial score (nSPS) is 24.5. The van der Waals surface area contributed by atoms with E-state index < -0.39 is 5.60 Å². The van der Waals surface area contributed by atoms with E-state index in [4.69, 9.17) is 4.74 Å². The maximum Gasteiger partial charge on any atom is 0.0896 e. The molecule has 0 aromatic heterocycles. The van der Waals surface area contributed by atoms with Crippen LogP contribution in [0.3, 0.4) is 0 Å². The average Bonchev–Trinajstić information content (AvgIpc) is 2.58. The van der Waals surface area contributed by atoms with Crippen LogP contribution in [0.1, 0.15) is 36.8 Å². The van der Waals surface area contributed by atoms with Gasteiger partial charge in [0.1, 0.15) is 0 Å². The lowest BCUT2D eigenvalue weighted by atomic mass is 9.75. The number of benzene rings is 2. The summed E-state index contributed by atoms with van der Waals surface area (Å²) in [6.07, 6.45) is 3.66. The zero-order valence-electron chi connectivity index (χ0n) is 13.2. The predicted molar refractivity (Wildman–Crippen MR) is 96.1 cm³/mol. The third kappa shape index (κ3) is 4.43. The second-order valence-corrected chi connectivity index (χ2v) is 7.40. The first-order chi connectivity index (χ1) is 11.2. The van der Waals surface area contributed by atoms with Crippen molar-refractivity contribution in [3.63, 3.8) is 0 Å². The van der Waals surface area contributed by atoms with E-state index in [0.717, 1.165) is 42.3 Å². The Morgan fingerprint density at radius 3 is 2.30 bits per heavy atom. The van der Waals surface area contributed by atoms with Gasteiger partial charge in [-0.05, 0) is 54.9 Å². The SMILES string of the molecule is OC1(c2ccc(Br)cc2)CCC(COCc2ccccc2)CC1. The Morgan fingerprint density at radius 1 is 1.00 bits per heavy atom. The molecule has 2 aromatic rings. The molecule has 1 fully saturated rings.